The van der Waals surface area contributed by atoms with Crippen molar-refractivity contribution in [2.45, 2.75) is 17.8 Å². The van der Waals surface area contributed by atoms with E-state index in [-0.39, 0.29) is 33.6 Å². The summed E-state index contributed by atoms with van der Waals surface area (Å²) in [5, 5.41) is 9.11. The van der Waals surface area contributed by atoms with Gasteiger partial charge >= 0.3 is 12.8 Å². The predicted molar refractivity (Wildman–Crippen MR) is 115 cm³/mol. The number of hydrogen-bond donors (Lipinski definition) is 0. The smallest absolute Gasteiger partial charge is 0.417 e. The van der Waals surface area contributed by atoms with Gasteiger partial charge in [-0.15, -0.1) is 0 Å². The molecule has 1 heterocycles. The average molecular weight is 543 g/mol. The van der Waals surface area contributed by atoms with Gasteiger partial charge in [0.05, 0.1) is 22.6 Å². The van der Waals surface area contributed by atoms with Crippen LogP contribution in [0.1, 0.15) is 21.5 Å². The number of ketones is 1. The van der Waals surface area contributed by atoms with Gasteiger partial charge in [-0.25, -0.2) is 4.98 Å². The number of aromatic nitrogens is 1. The number of benzene rings is 2. The Morgan fingerprint density at radius 2 is 1.76 bits per heavy atom. The summed E-state index contributed by atoms with van der Waals surface area (Å²) in [6, 6.07) is 13.5. The molecule has 0 aliphatic carbocycles. The van der Waals surface area contributed by atoms with Crippen LogP contribution in [0.4, 0.5) is 22.0 Å². The molecule has 3 aromatic rings. The van der Waals surface area contributed by atoms with Crippen molar-refractivity contribution in [1.29, 1.82) is 5.26 Å². The number of halogens is 6. The number of pyridine rings is 1. The number of Topliss-reactive ketones (excluding diaryl/α,β-unsaturated/α-hetero) is 1. The van der Waals surface area contributed by atoms with E-state index in [4.69, 9.17) is 0 Å². The monoisotopic (exact) mass is 542 g/mol. The summed E-state index contributed by atoms with van der Waals surface area (Å²) >= 11 is 3.96. The zero-order valence-electron chi connectivity index (χ0n) is 16.4. The van der Waals surface area contributed by atoms with Gasteiger partial charge in [-0.05, 0) is 42.5 Å². The third-order valence-corrected chi connectivity index (χ3v) is 5.79. The fourth-order valence-corrected chi connectivity index (χ4v) is 3.93. The van der Waals surface area contributed by atoms with E-state index in [0.29, 0.717) is 23.4 Å². The molecule has 33 heavy (non-hydrogen) atoms. The number of rotatable bonds is 7. The van der Waals surface area contributed by atoms with Crippen molar-refractivity contribution < 1.29 is 31.5 Å². The van der Waals surface area contributed by atoms with E-state index in [9.17, 15) is 32.0 Å². The molecule has 1 aromatic heterocycles. The average Bonchev–Trinajstić information content (AvgIpc) is 2.76. The molecule has 0 N–H and O–H groups in total. The maximum absolute atomic E-state index is 13.7. The zero-order valence-corrected chi connectivity index (χ0v) is 18.8. The van der Waals surface area contributed by atoms with Gasteiger partial charge in [-0.1, -0.05) is 39.8 Å². The van der Waals surface area contributed by atoms with E-state index in [0.717, 1.165) is 4.47 Å². The number of nitriles is 1. The number of thioether (sulfide) groups is 1. The molecule has 0 saturated heterocycles. The van der Waals surface area contributed by atoms with Gasteiger partial charge in [0.1, 0.15) is 16.8 Å². The van der Waals surface area contributed by atoms with Crippen LogP contribution in [0.5, 0.6) is 5.75 Å². The Morgan fingerprint density at radius 1 is 1.12 bits per heavy atom. The topological polar surface area (TPSA) is 63.0 Å². The predicted octanol–water partition coefficient (Wildman–Crippen LogP) is 6.98. The number of carbonyl (C=O) groups excluding carboxylic acids is 1. The molecule has 0 unspecified atom stereocenters. The van der Waals surface area contributed by atoms with Crippen molar-refractivity contribution in [2.24, 2.45) is 0 Å². The number of carbonyl (C=O) groups is 1. The van der Waals surface area contributed by atoms with Crippen LogP contribution in [0, 0.1) is 11.3 Å². The Bertz CT molecular complexity index is 1190. The van der Waals surface area contributed by atoms with Crippen LogP contribution in [0.25, 0.3) is 11.3 Å². The quantitative estimate of drug-likeness (QED) is 0.183. The lowest BCUT2D eigenvalue weighted by Gasteiger charge is -2.14. The number of ether oxygens (including phenoxy) is 1. The van der Waals surface area contributed by atoms with Crippen molar-refractivity contribution in [3.8, 4) is 23.1 Å². The Balaban J connectivity index is 1.97. The summed E-state index contributed by atoms with van der Waals surface area (Å²) in [5.41, 5.74) is -1.50. The molecular weight excluding hydrogens is 531 g/mol. The van der Waals surface area contributed by atoms with Gasteiger partial charge in [0.25, 0.3) is 0 Å². The molecule has 0 bridgehead atoms. The minimum Gasteiger partial charge on any atom is -0.435 e. The van der Waals surface area contributed by atoms with Crippen LogP contribution in [-0.4, -0.2) is 23.1 Å². The molecule has 0 spiro atoms. The van der Waals surface area contributed by atoms with Crippen LogP contribution < -0.4 is 4.74 Å². The molecule has 0 radical (unpaired) electrons. The van der Waals surface area contributed by atoms with Gasteiger partial charge in [0.2, 0.25) is 0 Å². The van der Waals surface area contributed by atoms with E-state index in [1.54, 1.807) is 24.3 Å². The van der Waals surface area contributed by atoms with Crippen LogP contribution >= 0.6 is 27.7 Å². The van der Waals surface area contributed by atoms with E-state index in [1.165, 1.54) is 30.3 Å². The molecule has 2 aromatic carbocycles. The van der Waals surface area contributed by atoms with Crippen molar-refractivity contribution in [3.63, 3.8) is 0 Å². The molecule has 3 rings (SSSR count). The first-order valence-corrected chi connectivity index (χ1v) is 10.9. The molecule has 0 amide bonds. The Labute approximate surface area is 197 Å². The summed E-state index contributed by atoms with van der Waals surface area (Å²) in [7, 11) is 0. The second kappa shape index (κ2) is 10.3. The van der Waals surface area contributed by atoms with Crippen molar-refractivity contribution in [2.75, 3.05) is 5.75 Å². The van der Waals surface area contributed by atoms with Crippen molar-refractivity contribution in [3.05, 3.63) is 75.8 Å². The first-order valence-electron chi connectivity index (χ1n) is 9.07. The molecule has 0 aliphatic rings. The van der Waals surface area contributed by atoms with E-state index < -0.39 is 23.9 Å². The SMILES string of the molecule is N#Cc1c(C(F)(F)F)cc(-c2ccc(OC(F)F)cc2)nc1SCC(=O)c1ccc(Br)cc1. The fraction of sp³-hybridized carbons (Fsp3) is 0.136. The highest BCUT2D eigenvalue weighted by molar-refractivity contribution is 9.10. The summed E-state index contributed by atoms with van der Waals surface area (Å²) in [4.78, 5) is 16.6. The molecular formula is C22H12BrF5N2O2S. The highest BCUT2D eigenvalue weighted by Gasteiger charge is 2.36. The van der Waals surface area contributed by atoms with Gasteiger partial charge in [-0.3, -0.25) is 4.79 Å². The van der Waals surface area contributed by atoms with Crippen LogP contribution in [0.3, 0.4) is 0 Å². The second-order valence-corrected chi connectivity index (χ2v) is 8.35. The van der Waals surface area contributed by atoms with Crippen LogP contribution in [0.2, 0.25) is 0 Å². The standard InChI is InChI=1S/C22H12BrF5N2O2S/c23-14-5-1-13(2-6-14)19(31)11-33-20-16(10-29)17(22(26,27)28)9-18(30-20)12-3-7-15(8-4-12)32-21(24)25/h1-9,21H,11H2. The van der Waals surface area contributed by atoms with E-state index >= 15 is 0 Å². The number of alkyl halides is 5. The molecule has 11 heteroatoms. The van der Waals surface area contributed by atoms with Crippen LogP contribution in [0.15, 0.2) is 64.1 Å². The molecule has 0 fully saturated rings. The minimum atomic E-state index is -4.85. The molecule has 0 aliphatic heterocycles. The van der Waals surface area contributed by atoms with Crippen LogP contribution in [-0.2, 0) is 6.18 Å². The summed E-state index contributed by atoms with van der Waals surface area (Å²) in [5.74, 6) is -0.774. The van der Waals surface area contributed by atoms with Gasteiger partial charge < -0.3 is 4.74 Å². The fourth-order valence-electron chi connectivity index (χ4n) is 2.77. The maximum atomic E-state index is 13.7. The lowest BCUT2D eigenvalue weighted by atomic mass is 10.1. The lowest BCUT2D eigenvalue weighted by Crippen LogP contribution is -2.11. The second-order valence-electron chi connectivity index (χ2n) is 6.47. The summed E-state index contributed by atoms with van der Waals surface area (Å²) in [6.45, 7) is -3.05. The largest absolute Gasteiger partial charge is 0.435 e. The Kier molecular flexibility index (Phi) is 7.71. The minimum absolute atomic E-state index is 0.136. The van der Waals surface area contributed by atoms with Gasteiger partial charge in [0, 0.05) is 15.6 Å². The molecule has 4 nitrogen and oxygen atoms in total. The lowest BCUT2D eigenvalue weighted by molar-refractivity contribution is -0.138. The van der Waals surface area contributed by atoms with Crippen molar-refractivity contribution >= 4 is 33.5 Å². The molecule has 170 valence electrons. The number of nitrogens with zero attached hydrogens (tertiary/aromatic N) is 2. The van der Waals surface area contributed by atoms with E-state index in [2.05, 4.69) is 25.7 Å². The first-order chi connectivity index (χ1) is 15.6. The van der Waals surface area contributed by atoms with Gasteiger partial charge in [-0.2, -0.15) is 27.2 Å². The maximum Gasteiger partial charge on any atom is 0.417 e. The first kappa shape index (κ1) is 24.7. The zero-order chi connectivity index (χ0) is 24.2. The normalized spacial score (nSPS) is 11.3. The van der Waals surface area contributed by atoms with Gasteiger partial charge in [0.15, 0.2) is 5.78 Å². The Morgan fingerprint density at radius 3 is 2.30 bits per heavy atom. The highest BCUT2D eigenvalue weighted by Crippen LogP contribution is 2.38. The van der Waals surface area contributed by atoms with Crippen molar-refractivity contribution in [1.82, 2.24) is 4.98 Å². The molecule has 0 atom stereocenters. The summed E-state index contributed by atoms with van der Waals surface area (Å²) in [6.07, 6.45) is -4.85. The molecule has 0 saturated carbocycles. The highest BCUT2D eigenvalue weighted by atomic mass is 79.9. The Hall–Kier alpha value is -2.97. The third-order valence-electron chi connectivity index (χ3n) is 4.28. The summed E-state index contributed by atoms with van der Waals surface area (Å²) < 4.78 is 70.6. The van der Waals surface area contributed by atoms with E-state index in [1.807, 2.05) is 0 Å². The third kappa shape index (κ3) is 6.30. The number of hydrogen-bond acceptors (Lipinski definition) is 5.